The summed E-state index contributed by atoms with van der Waals surface area (Å²) in [6.45, 7) is 0. The molecule has 24 heavy (non-hydrogen) atoms. The fourth-order valence-corrected chi connectivity index (χ4v) is 2.35. The molecule has 1 aliphatic carbocycles. The lowest BCUT2D eigenvalue weighted by Crippen LogP contribution is -2.36. The zero-order chi connectivity index (χ0) is 17.3. The summed E-state index contributed by atoms with van der Waals surface area (Å²) in [6, 6.07) is 8.41. The van der Waals surface area contributed by atoms with Crippen molar-refractivity contribution in [1.29, 1.82) is 0 Å². The standard InChI is InChI=1S/C17H13F3N2O2/c18-10-3-1-4-11(9-10)21-15(23)17(7-8-17)16(24)22-14-12(19)5-2-6-13(14)20/h1-6,9H,7-8H2,(H,21,23)(H,22,24). The Bertz CT molecular complexity index is 799. The van der Waals surface area contributed by atoms with Gasteiger partial charge in [-0.15, -0.1) is 0 Å². The van der Waals surface area contributed by atoms with Crippen LogP contribution >= 0.6 is 0 Å². The summed E-state index contributed by atoms with van der Waals surface area (Å²) in [6.07, 6.45) is 0.492. The summed E-state index contributed by atoms with van der Waals surface area (Å²) in [7, 11) is 0. The number of nitrogens with one attached hydrogen (secondary N) is 2. The van der Waals surface area contributed by atoms with Crippen molar-refractivity contribution in [2.75, 3.05) is 10.6 Å². The molecule has 2 aromatic rings. The van der Waals surface area contributed by atoms with Gasteiger partial charge in [-0.2, -0.15) is 0 Å². The first-order valence-corrected chi connectivity index (χ1v) is 7.25. The van der Waals surface area contributed by atoms with E-state index in [0.29, 0.717) is 0 Å². The number of benzene rings is 2. The van der Waals surface area contributed by atoms with Crippen LogP contribution in [0.4, 0.5) is 24.5 Å². The maximum Gasteiger partial charge on any atom is 0.240 e. The van der Waals surface area contributed by atoms with E-state index < -0.39 is 40.4 Å². The zero-order valence-corrected chi connectivity index (χ0v) is 12.4. The molecule has 2 N–H and O–H groups in total. The minimum atomic E-state index is -1.40. The lowest BCUT2D eigenvalue weighted by atomic mass is 10.0. The van der Waals surface area contributed by atoms with E-state index in [4.69, 9.17) is 0 Å². The van der Waals surface area contributed by atoms with Crippen LogP contribution in [-0.4, -0.2) is 11.8 Å². The number of hydrogen-bond acceptors (Lipinski definition) is 2. The molecule has 2 aromatic carbocycles. The molecule has 0 bridgehead atoms. The fraction of sp³-hybridized carbons (Fsp3) is 0.176. The molecule has 1 saturated carbocycles. The molecule has 0 saturated heterocycles. The average Bonchev–Trinajstić information content (AvgIpc) is 3.33. The van der Waals surface area contributed by atoms with Crippen LogP contribution in [0.15, 0.2) is 42.5 Å². The van der Waals surface area contributed by atoms with E-state index in [2.05, 4.69) is 10.6 Å². The molecule has 0 aromatic heterocycles. The lowest BCUT2D eigenvalue weighted by Gasteiger charge is -2.16. The molecule has 1 aliphatic rings. The molecule has 2 amide bonds. The van der Waals surface area contributed by atoms with Crippen molar-refractivity contribution in [3.63, 3.8) is 0 Å². The highest BCUT2D eigenvalue weighted by molar-refractivity contribution is 6.16. The number of rotatable bonds is 4. The van der Waals surface area contributed by atoms with Crippen molar-refractivity contribution in [1.82, 2.24) is 0 Å². The monoisotopic (exact) mass is 334 g/mol. The zero-order valence-electron chi connectivity index (χ0n) is 12.4. The van der Waals surface area contributed by atoms with E-state index in [-0.39, 0.29) is 18.5 Å². The van der Waals surface area contributed by atoms with Crippen molar-refractivity contribution < 1.29 is 22.8 Å². The van der Waals surface area contributed by atoms with Crippen LogP contribution in [0.3, 0.4) is 0 Å². The van der Waals surface area contributed by atoms with Gasteiger partial charge >= 0.3 is 0 Å². The van der Waals surface area contributed by atoms with Crippen LogP contribution in [0.2, 0.25) is 0 Å². The predicted octanol–water partition coefficient (Wildman–Crippen LogP) is 3.46. The Morgan fingerprint density at radius 2 is 1.46 bits per heavy atom. The molecule has 0 heterocycles. The van der Waals surface area contributed by atoms with Gasteiger partial charge in [-0.1, -0.05) is 12.1 Å². The largest absolute Gasteiger partial charge is 0.325 e. The Labute approximate surface area is 135 Å². The smallest absolute Gasteiger partial charge is 0.240 e. The Balaban J connectivity index is 1.75. The van der Waals surface area contributed by atoms with Gasteiger partial charge in [0.1, 0.15) is 28.6 Å². The summed E-state index contributed by atoms with van der Waals surface area (Å²) in [4.78, 5) is 24.6. The number of carbonyl (C=O) groups excluding carboxylic acids is 2. The van der Waals surface area contributed by atoms with Crippen molar-refractivity contribution in [2.45, 2.75) is 12.8 Å². The highest BCUT2D eigenvalue weighted by Gasteiger charge is 2.56. The summed E-state index contributed by atoms with van der Waals surface area (Å²) in [5.74, 6) is -3.81. The van der Waals surface area contributed by atoms with Crippen LogP contribution in [0, 0.1) is 22.9 Å². The maximum atomic E-state index is 13.6. The molecular weight excluding hydrogens is 321 g/mol. The third kappa shape index (κ3) is 2.97. The normalized spacial score (nSPS) is 14.8. The van der Waals surface area contributed by atoms with E-state index in [1.54, 1.807) is 0 Å². The number of hydrogen-bond donors (Lipinski definition) is 2. The maximum absolute atomic E-state index is 13.6. The molecule has 0 unspecified atom stereocenters. The molecule has 4 nitrogen and oxygen atoms in total. The van der Waals surface area contributed by atoms with Gasteiger partial charge in [0.05, 0.1) is 0 Å². The van der Waals surface area contributed by atoms with Gasteiger partial charge in [0.15, 0.2) is 0 Å². The quantitative estimate of drug-likeness (QED) is 0.841. The predicted molar refractivity (Wildman–Crippen MR) is 81.7 cm³/mol. The summed E-state index contributed by atoms with van der Waals surface area (Å²) >= 11 is 0. The second-order valence-electron chi connectivity index (χ2n) is 5.60. The highest BCUT2D eigenvalue weighted by Crippen LogP contribution is 2.47. The van der Waals surface area contributed by atoms with Gasteiger partial charge in [-0.3, -0.25) is 9.59 Å². The second kappa shape index (κ2) is 5.99. The van der Waals surface area contributed by atoms with E-state index in [9.17, 15) is 22.8 Å². The minimum Gasteiger partial charge on any atom is -0.325 e. The first-order valence-electron chi connectivity index (χ1n) is 7.25. The van der Waals surface area contributed by atoms with Gasteiger partial charge in [-0.25, -0.2) is 13.2 Å². The molecule has 0 radical (unpaired) electrons. The van der Waals surface area contributed by atoms with Crippen molar-refractivity contribution >= 4 is 23.2 Å². The first-order chi connectivity index (χ1) is 11.4. The summed E-state index contributed by atoms with van der Waals surface area (Å²) in [5.41, 5.74) is -1.79. The Kier molecular flexibility index (Phi) is 4.01. The fourth-order valence-electron chi connectivity index (χ4n) is 2.35. The van der Waals surface area contributed by atoms with Gasteiger partial charge in [0.2, 0.25) is 11.8 Å². The molecule has 0 atom stereocenters. The SMILES string of the molecule is O=C(Nc1cccc(F)c1)C1(C(=O)Nc2c(F)cccc2F)CC1. The molecule has 1 fully saturated rings. The topological polar surface area (TPSA) is 58.2 Å². The van der Waals surface area contributed by atoms with E-state index in [0.717, 1.165) is 18.2 Å². The van der Waals surface area contributed by atoms with Crippen LogP contribution in [0.25, 0.3) is 0 Å². The van der Waals surface area contributed by atoms with Crippen molar-refractivity contribution in [3.05, 3.63) is 59.9 Å². The molecule has 7 heteroatoms. The second-order valence-corrected chi connectivity index (χ2v) is 5.60. The number of amides is 2. The van der Waals surface area contributed by atoms with Crippen LogP contribution < -0.4 is 10.6 Å². The van der Waals surface area contributed by atoms with Gasteiger partial charge in [-0.05, 0) is 43.2 Å². The van der Waals surface area contributed by atoms with Gasteiger partial charge in [0.25, 0.3) is 0 Å². The van der Waals surface area contributed by atoms with Gasteiger partial charge in [0, 0.05) is 5.69 Å². The number of anilines is 2. The summed E-state index contributed by atoms with van der Waals surface area (Å²) in [5, 5.41) is 4.59. The van der Waals surface area contributed by atoms with Crippen LogP contribution in [0.1, 0.15) is 12.8 Å². The number of para-hydroxylation sites is 1. The molecular formula is C17H13F3N2O2. The molecule has 0 aliphatic heterocycles. The van der Waals surface area contributed by atoms with Crippen LogP contribution in [0.5, 0.6) is 0 Å². The van der Waals surface area contributed by atoms with Crippen molar-refractivity contribution in [3.8, 4) is 0 Å². The Morgan fingerprint density at radius 1 is 0.875 bits per heavy atom. The van der Waals surface area contributed by atoms with Gasteiger partial charge < -0.3 is 10.6 Å². The molecule has 0 spiro atoms. The average molecular weight is 334 g/mol. The third-order valence-corrected chi connectivity index (χ3v) is 3.90. The molecule has 3 rings (SSSR count). The Hall–Kier alpha value is -2.83. The third-order valence-electron chi connectivity index (χ3n) is 3.90. The Morgan fingerprint density at radius 3 is 2.04 bits per heavy atom. The van der Waals surface area contributed by atoms with E-state index in [1.165, 1.54) is 24.3 Å². The lowest BCUT2D eigenvalue weighted by molar-refractivity contribution is -0.131. The minimum absolute atomic E-state index is 0.205. The van der Waals surface area contributed by atoms with E-state index >= 15 is 0 Å². The highest BCUT2D eigenvalue weighted by atomic mass is 19.1. The number of carbonyl (C=O) groups is 2. The first kappa shape index (κ1) is 16.0. The molecule has 124 valence electrons. The number of halogens is 3. The summed E-state index contributed by atoms with van der Waals surface area (Å²) < 4.78 is 40.4. The van der Waals surface area contributed by atoms with Crippen molar-refractivity contribution in [2.24, 2.45) is 5.41 Å². The van der Waals surface area contributed by atoms with E-state index in [1.807, 2.05) is 0 Å². The van der Waals surface area contributed by atoms with Crippen LogP contribution in [-0.2, 0) is 9.59 Å².